The van der Waals surface area contributed by atoms with E-state index in [2.05, 4.69) is 41.2 Å². The van der Waals surface area contributed by atoms with Crippen molar-refractivity contribution in [2.75, 3.05) is 13.7 Å². The van der Waals surface area contributed by atoms with Gasteiger partial charge in [0.15, 0.2) is 0 Å². The monoisotopic (exact) mass is 341 g/mol. The van der Waals surface area contributed by atoms with Crippen molar-refractivity contribution in [2.24, 2.45) is 0 Å². The molecular weight excluding hydrogens is 318 g/mol. The highest BCUT2D eigenvalue weighted by atomic mass is 79.9. The molecule has 2 rings (SSSR count). The van der Waals surface area contributed by atoms with Gasteiger partial charge in [0, 0.05) is 10.0 Å². The number of rotatable bonds is 6. The Morgan fingerprint density at radius 3 is 2.85 bits per heavy atom. The Morgan fingerprint density at radius 2 is 2.25 bits per heavy atom. The molecule has 0 aliphatic carbocycles. The number of hydrogen-bond acceptors (Lipinski definition) is 3. The maximum Gasteiger partial charge on any atom is 0.123 e. The van der Waals surface area contributed by atoms with Crippen LogP contribution in [0.3, 0.4) is 0 Å². The fraction of sp³-hybridized carbons (Fsp3) is 0.625. The summed E-state index contributed by atoms with van der Waals surface area (Å²) < 4.78 is 12.7. The molecule has 1 saturated heterocycles. The van der Waals surface area contributed by atoms with Gasteiger partial charge in [0.2, 0.25) is 0 Å². The van der Waals surface area contributed by atoms with Crippen LogP contribution in [-0.2, 0) is 4.74 Å². The minimum atomic E-state index is 0.187. The molecule has 1 fully saturated rings. The first-order valence-electron chi connectivity index (χ1n) is 7.38. The molecule has 1 aliphatic rings. The Bertz CT molecular complexity index is 438. The molecule has 3 unspecified atom stereocenters. The van der Waals surface area contributed by atoms with Gasteiger partial charge in [-0.05, 0) is 50.9 Å². The lowest BCUT2D eigenvalue weighted by Crippen LogP contribution is -2.33. The lowest BCUT2D eigenvalue weighted by atomic mass is 9.98. The lowest BCUT2D eigenvalue weighted by Gasteiger charge is -2.27. The number of methoxy groups -OCH3 is 1. The van der Waals surface area contributed by atoms with Gasteiger partial charge in [0.05, 0.1) is 25.4 Å². The zero-order valence-electron chi connectivity index (χ0n) is 12.5. The van der Waals surface area contributed by atoms with Crippen molar-refractivity contribution in [1.82, 2.24) is 5.32 Å². The zero-order valence-corrected chi connectivity index (χ0v) is 14.1. The second-order valence-electron chi connectivity index (χ2n) is 5.38. The first kappa shape index (κ1) is 15.8. The van der Waals surface area contributed by atoms with E-state index < -0.39 is 0 Å². The summed E-state index contributed by atoms with van der Waals surface area (Å²) >= 11 is 3.56. The first-order chi connectivity index (χ1) is 9.65. The highest BCUT2D eigenvalue weighted by Crippen LogP contribution is 2.36. The van der Waals surface area contributed by atoms with Crippen LogP contribution in [0.5, 0.6) is 5.75 Å². The molecule has 3 atom stereocenters. The molecule has 0 aromatic heterocycles. The molecule has 0 radical (unpaired) electrons. The van der Waals surface area contributed by atoms with Gasteiger partial charge in [0.25, 0.3) is 0 Å². The third-order valence-corrected chi connectivity index (χ3v) is 4.27. The third kappa shape index (κ3) is 3.74. The molecule has 0 bridgehead atoms. The van der Waals surface area contributed by atoms with Crippen LogP contribution in [0, 0.1) is 0 Å². The fourth-order valence-corrected chi connectivity index (χ4v) is 3.15. The van der Waals surface area contributed by atoms with E-state index in [1.165, 1.54) is 5.56 Å². The van der Waals surface area contributed by atoms with Gasteiger partial charge < -0.3 is 14.8 Å². The Hall–Kier alpha value is -0.580. The minimum absolute atomic E-state index is 0.187. The summed E-state index contributed by atoms with van der Waals surface area (Å²) in [6.07, 6.45) is 3.90. The van der Waals surface area contributed by atoms with E-state index in [4.69, 9.17) is 9.47 Å². The Morgan fingerprint density at radius 1 is 1.45 bits per heavy atom. The van der Waals surface area contributed by atoms with Crippen molar-refractivity contribution < 1.29 is 9.47 Å². The second-order valence-corrected chi connectivity index (χ2v) is 6.30. The van der Waals surface area contributed by atoms with E-state index in [0.717, 1.165) is 36.0 Å². The second kappa shape index (κ2) is 7.43. The average Bonchev–Trinajstić information content (AvgIpc) is 2.86. The molecule has 1 aliphatic heterocycles. The Balaban J connectivity index is 2.27. The SMILES string of the molecule is CCCNC(c1cc(Br)ccc1OC)C1CCC(C)O1. The maximum atomic E-state index is 6.08. The summed E-state index contributed by atoms with van der Waals surface area (Å²) in [5.41, 5.74) is 1.18. The van der Waals surface area contributed by atoms with Gasteiger partial charge in [-0.25, -0.2) is 0 Å². The molecule has 1 heterocycles. The van der Waals surface area contributed by atoms with Gasteiger partial charge in [-0.1, -0.05) is 22.9 Å². The van der Waals surface area contributed by atoms with E-state index in [0.29, 0.717) is 6.10 Å². The van der Waals surface area contributed by atoms with Crippen molar-refractivity contribution in [1.29, 1.82) is 0 Å². The van der Waals surface area contributed by atoms with Crippen molar-refractivity contribution >= 4 is 15.9 Å². The highest BCUT2D eigenvalue weighted by Gasteiger charge is 2.32. The predicted octanol–water partition coefficient (Wildman–Crippen LogP) is 4.07. The molecule has 1 N–H and O–H groups in total. The molecule has 0 amide bonds. The van der Waals surface area contributed by atoms with Crippen LogP contribution in [0.15, 0.2) is 22.7 Å². The number of benzene rings is 1. The molecule has 3 nitrogen and oxygen atoms in total. The fourth-order valence-electron chi connectivity index (χ4n) is 2.77. The van der Waals surface area contributed by atoms with Crippen LogP contribution >= 0.6 is 15.9 Å². The summed E-state index contributed by atoms with van der Waals surface area (Å²) in [4.78, 5) is 0. The van der Waals surface area contributed by atoms with Crippen molar-refractivity contribution in [3.63, 3.8) is 0 Å². The molecular formula is C16H24BrNO2. The molecule has 1 aromatic rings. The summed E-state index contributed by atoms with van der Waals surface area (Å²) in [6.45, 7) is 5.31. The van der Waals surface area contributed by atoms with Gasteiger partial charge in [-0.3, -0.25) is 0 Å². The standard InChI is InChI=1S/C16H24BrNO2/c1-4-9-18-16(15-7-5-11(2)20-15)13-10-12(17)6-8-14(13)19-3/h6,8,10-11,15-16,18H,4-5,7,9H2,1-3H3. The number of halogens is 1. The zero-order chi connectivity index (χ0) is 14.5. The van der Waals surface area contributed by atoms with Crippen LogP contribution in [0.25, 0.3) is 0 Å². The summed E-state index contributed by atoms with van der Waals surface area (Å²) in [6, 6.07) is 6.35. The van der Waals surface area contributed by atoms with Gasteiger partial charge in [0.1, 0.15) is 5.75 Å². The quantitative estimate of drug-likeness (QED) is 0.846. The molecule has 20 heavy (non-hydrogen) atoms. The lowest BCUT2D eigenvalue weighted by molar-refractivity contribution is 0.0311. The van der Waals surface area contributed by atoms with E-state index in [1.54, 1.807) is 7.11 Å². The van der Waals surface area contributed by atoms with Gasteiger partial charge in [-0.15, -0.1) is 0 Å². The summed E-state index contributed by atoms with van der Waals surface area (Å²) in [5.74, 6) is 0.921. The van der Waals surface area contributed by atoms with Crippen LogP contribution in [0.2, 0.25) is 0 Å². The highest BCUT2D eigenvalue weighted by molar-refractivity contribution is 9.10. The van der Waals surface area contributed by atoms with E-state index in [1.807, 2.05) is 12.1 Å². The van der Waals surface area contributed by atoms with E-state index >= 15 is 0 Å². The van der Waals surface area contributed by atoms with Gasteiger partial charge in [-0.2, -0.15) is 0 Å². The Labute approximate surface area is 130 Å². The van der Waals surface area contributed by atoms with Crippen LogP contribution < -0.4 is 10.1 Å². The van der Waals surface area contributed by atoms with Crippen molar-refractivity contribution in [2.45, 2.75) is 51.4 Å². The van der Waals surface area contributed by atoms with Gasteiger partial charge >= 0.3 is 0 Å². The maximum absolute atomic E-state index is 6.08. The number of nitrogens with one attached hydrogen (secondary N) is 1. The third-order valence-electron chi connectivity index (χ3n) is 3.78. The smallest absolute Gasteiger partial charge is 0.123 e. The van der Waals surface area contributed by atoms with Crippen LogP contribution in [0.1, 0.15) is 44.7 Å². The normalized spacial score (nSPS) is 23.8. The van der Waals surface area contributed by atoms with Crippen molar-refractivity contribution in [3.8, 4) is 5.75 Å². The largest absolute Gasteiger partial charge is 0.496 e. The van der Waals surface area contributed by atoms with Crippen LogP contribution in [-0.4, -0.2) is 25.9 Å². The molecule has 4 heteroatoms. The molecule has 1 aromatic carbocycles. The topological polar surface area (TPSA) is 30.5 Å². The summed E-state index contributed by atoms with van der Waals surface area (Å²) in [7, 11) is 1.72. The first-order valence-corrected chi connectivity index (χ1v) is 8.17. The average molecular weight is 342 g/mol. The van der Waals surface area contributed by atoms with Crippen molar-refractivity contribution in [3.05, 3.63) is 28.2 Å². The molecule has 0 spiro atoms. The van der Waals surface area contributed by atoms with E-state index in [9.17, 15) is 0 Å². The minimum Gasteiger partial charge on any atom is -0.496 e. The molecule has 112 valence electrons. The van der Waals surface area contributed by atoms with Crippen LogP contribution in [0.4, 0.5) is 0 Å². The predicted molar refractivity (Wildman–Crippen MR) is 85.3 cm³/mol. The summed E-state index contributed by atoms with van der Waals surface area (Å²) in [5, 5.41) is 3.62. The number of hydrogen-bond donors (Lipinski definition) is 1. The Kier molecular flexibility index (Phi) is 5.87. The van der Waals surface area contributed by atoms with E-state index in [-0.39, 0.29) is 12.1 Å². The molecule has 0 saturated carbocycles. The number of ether oxygens (including phenoxy) is 2.